The second kappa shape index (κ2) is 6.34. The minimum atomic E-state index is 0.0747. The number of thiophene rings is 2. The molecule has 0 saturated carbocycles. The average Bonchev–Trinajstić information content (AvgIpc) is 3.33. The fourth-order valence-corrected chi connectivity index (χ4v) is 6.66. The Labute approximate surface area is 154 Å². The van der Waals surface area contributed by atoms with Gasteiger partial charge in [-0.2, -0.15) is 0 Å². The third-order valence-corrected chi connectivity index (χ3v) is 7.81. The van der Waals surface area contributed by atoms with Crippen LogP contribution in [0.3, 0.4) is 0 Å². The normalized spacial score (nSPS) is 23.2. The number of aromatic nitrogens is 2. The average molecular weight is 373 g/mol. The second-order valence-electron chi connectivity index (χ2n) is 7.20. The Morgan fingerprint density at radius 2 is 2.20 bits per heavy atom. The number of rotatable bonds is 3. The number of aryl methyl sites for hydroxylation is 2. The Kier molecular flexibility index (Phi) is 3.99. The minimum absolute atomic E-state index is 0.0747. The van der Waals surface area contributed by atoms with Crippen LogP contribution in [0.15, 0.2) is 22.3 Å². The Morgan fingerprint density at radius 1 is 1.28 bits per heavy atom. The van der Waals surface area contributed by atoms with Gasteiger partial charge in [-0.3, -0.25) is 4.79 Å². The van der Waals surface area contributed by atoms with Crippen molar-refractivity contribution in [2.45, 2.75) is 51.1 Å². The van der Waals surface area contributed by atoms with Gasteiger partial charge >= 0.3 is 0 Å². The molecule has 5 rings (SSSR count). The number of fused-ring (bicyclic) bond motifs is 3. The molecule has 1 unspecified atom stereocenters. The van der Waals surface area contributed by atoms with Crippen LogP contribution in [0.25, 0.3) is 10.2 Å². The van der Waals surface area contributed by atoms with Gasteiger partial charge in [0.25, 0.3) is 5.56 Å². The third kappa shape index (κ3) is 2.76. The van der Waals surface area contributed by atoms with E-state index in [4.69, 9.17) is 4.98 Å². The molecule has 1 aliphatic carbocycles. The molecule has 0 amide bonds. The van der Waals surface area contributed by atoms with Crippen LogP contribution in [0.2, 0.25) is 0 Å². The predicted octanol–water partition coefficient (Wildman–Crippen LogP) is 2.84. The van der Waals surface area contributed by atoms with E-state index in [1.54, 1.807) is 11.3 Å². The van der Waals surface area contributed by atoms with Crippen molar-refractivity contribution in [1.29, 1.82) is 0 Å². The van der Waals surface area contributed by atoms with E-state index in [-0.39, 0.29) is 5.56 Å². The van der Waals surface area contributed by atoms with Crippen LogP contribution in [0.1, 0.15) is 52.9 Å². The summed E-state index contributed by atoms with van der Waals surface area (Å²) in [7, 11) is 0. The summed E-state index contributed by atoms with van der Waals surface area (Å²) in [4.78, 5) is 26.0. The zero-order valence-corrected chi connectivity index (χ0v) is 15.8. The summed E-state index contributed by atoms with van der Waals surface area (Å²) in [6.45, 7) is 1.97. The summed E-state index contributed by atoms with van der Waals surface area (Å²) in [6.07, 6.45) is 7.07. The van der Waals surface area contributed by atoms with Crippen LogP contribution in [0, 0.1) is 0 Å². The highest BCUT2D eigenvalue weighted by atomic mass is 32.1. The second-order valence-corrected chi connectivity index (χ2v) is 9.26. The molecule has 2 atom stereocenters. The monoisotopic (exact) mass is 372 g/mol. The van der Waals surface area contributed by atoms with Crippen molar-refractivity contribution in [3.8, 4) is 0 Å². The Bertz CT molecular complexity index is 957. The Hall–Kier alpha value is -1.50. The zero-order chi connectivity index (χ0) is 16.8. The first kappa shape index (κ1) is 15.7. The lowest BCUT2D eigenvalue weighted by molar-refractivity contribution is -0.932. The number of quaternary nitrogens is 1. The van der Waals surface area contributed by atoms with Gasteiger partial charge in [-0.05, 0) is 42.7 Å². The highest BCUT2D eigenvalue weighted by Gasteiger charge is 2.31. The maximum absolute atomic E-state index is 12.7. The molecule has 4 heterocycles. The number of nitrogens with zero attached hydrogens (tertiary/aromatic N) is 1. The third-order valence-electron chi connectivity index (χ3n) is 5.64. The van der Waals surface area contributed by atoms with Crippen molar-refractivity contribution in [3.05, 3.63) is 49.0 Å². The first-order valence-electron chi connectivity index (χ1n) is 9.21. The lowest BCUT2D eigenvalue weighted by Gasteiger charge is -2.19. The lowest BCUT2D eigenvalue weighted by Crippen LogP contribution is -3.09. The van der Waals surface area contributed by atoms with Gasteiger partial charge < -0.3 is 9.88 Å². The summed E-state index contributed by atoms with van der Waals surface area (Å²) in [5.74, 6) is 0.856. The molecule has 1 aliphatic heterocycles. The van der Waals surface area contributed by atoms with E-state index in [9.17, 15) is 4.79 Å². The molecule has 1 fully saturated rings. The highest BCUT2D eigenvalue weighted by Crippen LogP contribution is 2.33. The summed E-state index contributed by atoms with van der Waals surface area (Å²) >= 11 is 3.59. The maximum Gasteiger partial charge on any atom is 0.260 e. The molecule has 0 radical (unpaired) electrons. The first-order valence-corrected chi connectivity index (χ1v) is 10.9. The molecule has 4 nitrogen and oxygen atoms in total. The van der Waals surface area contributed by atoms with Gasteiger partial charge in [0.1, 0.15) is 17.4 Å². The van der Waals surface area contributed by atoms with E-state index in [2.05, 4.69) is 22.5 Å². The van der Waals surface area contributed by atoms with E-state index in [1.165, 1.54) is 45.9 Å². The van der Waals surface area contributed by atoms with Gasteiger partial charge in [0.2, 0.25) is 0 Å². The molecule has 2 N–H and O–H groups in total. The fourth-order valence-electron chi connectivity index (χ4n) is 4.46. The summed E-state index contributed by atoms with van der Waals surface area (Å²) < 4.78 is 0. The minimum Gasteiger partial charge on any atom is -0.322 e. The Balaban J connectivity index is 1.48. The number of H-pyrrole nitrogens is 1. The van der Waals surface area contributed by atoms with Crippen molar-refractivity contribution in [1.82, 2.24) is 9.97 Å². The van der Waals surface area contributed by atoms with Crippen LogP contribution in [0.4, 0.5) is 0 Å². The summed E-state index contributed by atoms with van der Waals surface area (Å²) in [5, 5.41) is 3.03. The van der Waals surface area contributed by atoms with E-state index in [1.807, 2.05) is 11.3 Å². The van der Waals surface area contributed by atoms with Crippen molar-refractivity contribution in [2.24, 2.45) is 0 Å². The quantitative estimate of drug-likeness (QED) is 0.743. The van der Waals surface area contributed by atoms with Gasteiger partial charge in [0, 0.05) is 17.7 Å². The molecule has 25 heavy (non-hydrogen) atoms. The number of hydrogen-bond acceptors (Lipinski definition) is 4. The van der Waals surface area contributed by atoms with Crippen LogP contribution >= 0.6 is 22.7 Å². The van der Waals surface area contributed by atoms with Gasteiger partial charge in [0.15, 0.2) is 5.82 Å². The lowest BCUT2D eigenvalue weighted by atomic mass is 9.97. The number of hydrogen-bond donors (Lipinski definition) is 2. The predicted molar refractivity (Wildman–Crippen MR) is 103 cm³/mol. The highest BCUT2D eigenvalue weighted by molar-refractivity contribution is 7.18. The molecule has 0 bridgehead atoms. The molecular formula is C19H22N3OS2+. The molecule has 3 aromatic rings. The number of aromatic amines is 1. The van der Waals surface area contributed by atoms with Crippen LogP contribution in [-0.2, 0) is 19.4 Å². The number of likely N-dealkylation sites (tertiary alicyclic amines) is 1. The van der Waals surface area contributed by atoms with Crippen LogP contribution in [0.5, 0.6) is 0 Å². The molecule has 6 heteroatoms. The SMILES string of the molecule is O=c1[nH]c(C[NH+]2CCC[C@H]2c2cccs2)nc2sc3c(c12)CCCC3. The standard InChI is InChI=1S/C19H21N3OS2/c23-18-17-12-5-1-2-7-14(12)25-19(17)21-16(20-18)11-22-9-3-6-13(22)15-8-4-10-24-15/h4,8,10,13H,1-3,5-7,9,11H2,(H,20,21,23)/p+1/t13-/m0/s1. The maximum atomic E-state index is 12.7. The molecule has 0 aromatic carbocycles. The fraction of sp³-hybridized carbons (Fsp3) is 0.474. The Morgan fingerprint density at radius 3 is 3.08 bits per heavy atom. The topological polar surface area (TPSA) is 50.2 Å². The molecule has 130 valence electrons. The molecule has 2 aliphatic rings. The van der Waals surface area contributed by atoms with E-state index < -0.39 is 0 Å². The van der Waals surface area contributed by atoms with Crippen LogP contribution in [-0.4, -0.2) is 16.5 Å². The van der Waals surface area contributed by atoms with Crippen LogP contribution < -0.4 is 10.5 Å². The number of nitrogens with one attached hydrogen (secondary N) is 2. The van der Waals surface area contributed by atoms with Crippen molar-refractivity contribution >= 4 is 32.9 Å². The summed E-state index contributed by atoms with van der Waals surface area (Å²) in [6, 6.07) is 4.93. The zero-order valence-electron chi connectivity index (χ0n) is 14.1. The smallest absolute Gasteiger partial charge is 0.260 e. The largest absolute Gasteiger partial charge is 0.322 e. The molecule has 0 spiro atoms. The van der Waals surface area contributed by atoms with Crippen molar-refractivity contribution < 1.29 is 4.90 Å². The molecule has 3 aromatic heterocycles. The van der Waals surface area contributed by atoms with Gasteiger partial charge in [-0.25, -0.2) is 4.98 Å². The molecule has 1 saturated heterocycles. The van der Waals surface area contributed by atoms with E-state index in [0.29, 0.717) is 6.04 Å². The van der Waals surface area contributed by atoms with E-state index in [0.717, 1.165) is 42.0 Å². The molecular weight excluding hydrogens is 350 g/mol. The van der Waals surface area contributed by atoms with Crippen molar-refractivity contribution in [2.75, 3.05) is 6.54 Å². The van der Waals surface area contributed by atoms with Gasteiger partial charge in [-0.15, -0.1) is 22.7 Å². The summed E-state index contributed by atoms with van der Waals surface area (Å²) in [5.41, 5.74) is 1.35. The van der Waals surface area contributed by atoms with Crippen molar-refractivity contribution in [3.63, 3.8) is 0 Å². The first-order chi connectivity index (χ1) is 12.3. The van der Waals surface area contributed by atoms with E-state index >= 15 is 0 Å². The van der Waals surface area contributed by atoms with Gasteiger partial charge in [-0.1, -0.05) is 6.07 Å². The van der Waals surface area contributed by atoms with Gasteiger partial charge in [0.05, 0.1) is 16.8 Å².